The van der Waals surface area contributed by atoms with Crippen LogP contribution < -0.4 is 4.90 Å². The van der Waals surface area contributed by atoms with Crippen molar-refractivity contribution in [2.45, 2.75) is 22.6 Å². The molecule has 0 atom stereocenters. The summed E-state index contributed by atoms with van der Waals surface area (Å²) in [5.41, 5.74) is 1.30. The van der Waals surface area contributed by atoms with Crippen molar-refractivity contribution >= 4 is 23.3 Å². The van der Waals surface area contributed by atoms with E-state index in [0.29, 0.717) is 0 Å². The Labute approximate surface area is 130 Å². The topological polar surface area (TPSA) is 19.4 Å². The van der Waals surface area contributed by atoms with E-state index in [0.717, 1.165) is 18.9 Å². The van der Waals surface area contributed by atoms with Crippen LogP contribution >= 0.6 is 11.8 Å². The largest absolute Gasteiger partial charge is 0.323 e. The second kappa shape index (κ2) is 5.70. The number of benzene rings is 1. The molecule has 0 unspecified atom stereocenters. The smallest absolute Gasteiger partial charge is 0.147 e. The number of aromatic nitrogens is 1. The number of likely N-dealkylation sites (tertiary alicyclic amines) is 1. The minimum absolute atomic E-state index is 1.02. The van der Waals surface area contributed by atoms with Gasteiger partial charge in [-0.05, 0) is 50.2 Å². The molecule has 4 heteroatoms. The van der Waals surface area contributed by atoms with E-state index in [2.05, 4.69) is 45.1 Å². The Morgan fingerprint density at radius 1 is 0.952 bits per heavy atom. The third kappa shape index (κ3) is 2.54. The highest BCUT2D eigenvalue weighted by molar-refractivity contribution is 7.99. The van der Waals surface area contributed by atoms with Gasteiger partial charge in [-0.25, -0.2) is 4.98 Å². The first-order chi connectivity index (χ1) is 10.4. The zero-order valence-corrected chi connectivity index (χ0v) is 12.9. The number of hydrogen-bond acceptors (Lipinski definition) is 4. The van der Waals surface area contributed by atoms with Gasteiger partial charge in [0.15, 0.2) is 0 Å². The van der Waals surface area contributed by atoms with Crippen LogP contribution in [0.2, 0.25) is 0 Å². The molecule has 21 heavy (non-hydrogen) atoms. The lowest BCUT2D eigenvalue weighted by atomic mass is 10.2. The number of anilines is 2. The summed E-state index contributed by atoms with van der Waals surface area (Å²) < 4.78 is 0. The van der Waals surface area contributed by atoms with E-state index in [-0.39, 0.29) is 0 Å². The molecule has 0 saturated carbocycles. The first-order valence-electron chi connectivity index (χ1n) is 7.63. The highest BCUT2D eigenvalue weighted by Gasteiger charge is 2.24. The van der Waals surface area contributed by atoms with Crippen molar-refractivity contribution in [3.8, 4) is 0 Å². The molecule has 1 aromatic carbocycles. The molecule has 1 aromatic heterocycles. The first-order valence-corrected chi connectivity index (χ1v) is 8.45. The molecule has 0 radical (unpaired) electrons. The number of pyridine rings is 1. The average molecular weight is 297 g/mol. The number of nitrogens with zero attached hydrogens (tertiary/aromatic N) is 3. The molecule has 0 N–H and O–H groups in total. The van der Waals surface area contributed by atoms with Crippen LogP contribution in [0.3, 0.4) is 0 Å². The molecular weight excluding hydrogens is 278 g/mol. The monoisotopic (exact) mass is 297 g/mol. The summed E-state index contributed by atoms with van der Waals surface area (Å²) in [7, 11) is 0. The molecular formula is C17H19N3S. The fourth-order valence-electron chi connectivity index (χ4n) is 3.14. The van der Waals surface area contributed by atoms with Crippen LogP contribution in [-0.4, -0.2) is 36.1 Å². The van der Waals surface area contributed by atoms with Gasteiger partial charge in [0.2, 0.25) is 0 Å². The minimum atomic E-state index is 1.02. The number of fused-ring (bicyclic) bond motifs is 2. The highest BCUT2D eigenvalue weighted by Crippen LogP contribution is 2.46. The second-order valence-electron chi connectivity index (χ2n) is 5.60. The van der Waals surface area contributed by atoms with Gasteiger partial charge in [0.25, 0.3) is 0 Å². The van der Waals surface area contributed by atoms with E-state index in [1.165, 1.54) is 41.4 Å². The van der Waals surface area contributed by atoms with E-state index in [9.17, 15) is 0 Å². The van der Waals surface area contributed by atoms with Crippen molar-refractivity contribution in [3.63, 3.8) is 0 Å². The predicted octanol–water partition coefficient (Wildman–Crippen LogP) is 3.78. The Hall–Kier alpha value is -1.52. The van der Waals surface area contributed by atoms with Crippen molar-refractivity contribution in [1.82, 2.24) is 9.88 Å². The van der Waals surface area contributed by atoms with Crippen molar-refractivity contribution in [1.29, 1.82) is 0 Å². The summed E-state index contributed by atoms with van der Waals surface area (Å²) in [6.07, 6.45) is 4.60. The zero-order valence-electron chi connectivity index (χ0n) is 12.0. The summed E-state index contributed by atoms with van der Waals surface area (Å²) in [4.78, 5) is 12.2. The lowest BCUT2D eigenvalue weighted by Gasteiger charge is -2.32. The van der Waals surface area contributed by atoms with Crippen molar-refractivity contribution in [2.24, 2.45) is 0 Å². The number of hydrogen-bond donors (Lipinski definition) is 0. The Morgan fingerprint density at radius 3 is 2.67 bits per heavy atom. The summed E-state index contributed by atoms with van der Waals surface area (Å²) in [6.45, 7) is 4.63. The molecule has 1 fully saturated rings. The SMILES string of the molecule is c1ccc2c(c1)Sc1cccnc1N2CCN1CCCC1. The molecule has 0 amide bonds. The predicted molar refractivity (Wildman–Crippen MR) is 87.5 cm³/mol. The average Bonchev–Trinajstić information content (AvgIpc) is 3.05. The molecule has 2 aromatic rings. The van der Waals surface area contributed by atoms with Crippen LogP contribution in [0.4, 0.5) is 11.5 Å². The van der Waals surface area contributed by atoms with Gasteiger partial charge in [-0.15, -0.1) is 0 Å². The van der Waals surface area contributed by atoms with Crippen LogP contribution in [-0.2, 0) is 0 Å². The van der Waals surface area contributed by atoms with Crippen molar-refractivity contribution in [2.75, 3.05) is 31.1 Å². The third-order valence-corrected chi connectivity index (χ3v) is 5.32. The molecule has 108 valence electrons. The van der Waals surface area contributed by atoms with Gasteiger partial charge in [-0.3, -0.25) is 0 Å². The van der Waals surface area contributed by atoms with Gasteiger partial charge in [0.05, 0.1) is 10.6 Å². The van der Waals surface area contributed by atoms with E-state index in [1.54, 1.807) is 0 Å². The Bertz CT molecular complexity index is 592. The lowest BCUT2D eigenvalue weighted by molar-refractivity contribution is 0.347. The second-order valence-corrected chi connectivity index (χ2v) is 6.68. The minimum Gasteiger partial charge on any atom is -0.323 e. The summed E-state index contributed by atoms with van der Waals surface area (Å²) in [5, 5.41) is 0. The molecule has 4 rings (SSSR count). The number of rotatable bonds is 3. The van der Waals surface area contributed by atoms with Gasteiger partial charge in [0, 0.05) is 24.2 Å². The van der Waals surface area contributed by atoms with Gasteiger partial charge < -0.3 is 9.80 Å². The van der Waals surface area contributed by atoms with Crippen LogP contribution in [0.1, 0.15) is 12.8 Å². The van der Waals surface area contributed by atoms with E-state index in [4.69, 9.17) is 0 Å². The fraction of sp³-hybridized carbons (Fsp3) is 0.353. The molecule has 2 aliphatic rings. The van der Waals surface area contributed by atoms with E-state index in [1.807, 2.05) is 24.0 Å². The molecule has 2 aliphatic heterocycles. The molecule has 0 aliphatic carbocycles. The maximum atomic E-state index is 4.63. The Kier molecular flexibility index (Phi) is 3.57. The standard InChI is InChI=1S/C17H19N3S/c1-2-7-15-14(6-1)20(13-12-19-10-3-4-11-19)17-16(21-15)8-5-9-18-17/h1-2,5-9H,3-4,10-13H2. The van der Waals surface area contributed by atoms with Crippen LogP contribution in [0.5, 0.6) is 0 Å². The normalized spacial score (nSPS) is 17.6. The highest BCUT2D eigenvalue weighted by atomic mass is 32.2. The Morgan fingerprint density at radius 2 is 1.76 bits per heavy atom. The molecule has 3 heterocycles. The maximum absolute atomic E-state index is 4.63. The van der Waals surface area contributed by atoms with Crippen molar-refractivity contribution < 1.29 is 0 Å². The van der Waals surface area contributed by atoms with Gasteiger partial charge in [0.1, 0.15) is 5.82 Å². The number of para-hydroxylation sites is 1. The van der Waals surface area contributed by atoms with E-state index >= 15 is 0 Å². The molecule has 0 bridgehead atoms. The fourth-order valence-corrected chi connectivity index (χ4v) is 4.20. The maximum Gasteiger partial charge on any atom is 0.147 e. The van der Waals surface area contributed by atoms with Crippen LogP contribution in [0.25, 0.3) is 0 Å². The molecule has 3 nitrogen and oxygen atoms in total. The van der Waals surface area contributed by atoms with Crippen LogP contribution in [0, 0.1) is 0 Å². The third-order valence-electron chi connectivity index (χ3n) is 4.22. The summed E-state index contributed by atoms with van der Waals surface area (Å²) in [5.74, 6) is 1.11. The zero-order chi connectivity index (χ0) is 14.1. The van der Waals surface area contributed by atoms with Gasteiger partial charge in [-0.2, -0.15) is 0 Å². The Balaban J connectivity index is 1.64. The molecule has 0 spiro atoms. The summed E-state index contributed by atoms with van der Waals surface area (Å²) in [6, 6.07) is 12.9. The summed E-state index contributed by atoms with van der Waals surface area (Å²) >= 11 is 1.83. The van der Waals surface area contributed by atoms with Gasteiger partial charge >= 0.3 is 0 Å². The van der Waals surface area contributed by atoms with Crippen molar-refractivity contribution in [3.05, 3.63) is 42.6 Å². The first kappa shape index (κ1) is 13.2. The lowest BCUT2D eigenvalue weighted by Crippen LogP contribution is -2.32. The van der Waals surface area contributed by atoms with Gasteiger partial charge in [-0.1, -0.05) is 23.9 Å². The quantitative estimate of drug-likeness (QED) is 0.858. The van der Waals surface area contributed by atoms with Crippen LogP contribution in [0.15, 0.2) is 52.4 Å². The van der Waals surface area contributed by atoms with E-state index < -0.39 is 0 Å². The molecule has 1 saturated heterocycles.